The average Bonchev–Trinajstić information content (AvgIpc) is 2.77. The lowest BCUT2D eigenvalue weighted by atomic mass is 9.91. The summed E-state index contributed by atoms with van der Waals surface area (Å²) < 4.78 is 5.39. The topological polar surface area (TPSA) is 38.3 Å². The van der Waals surface area contributed by atoms with Crippen LogP contribution in [0.3, 0.4) is 0 Å². The zero-order valence-corrected chi connectivity index (χ0v) is 13.6. The molecule has 0 saturated heterocycles. The monoisotopic (exact) mass is 315 g/mol. The molecule has 1 N–H and O–H groups in total. The first kappa shape index (κ1) is 14.9. The van der Waals surface area contributed by atoms with Crippen LogP contribution in [0.4, 0.5) is 5.69 Å². The molecule has 0 aromatic heterocycles. The number of anilines is 1. The van der Waals surface area contributed by atoms with Gasteiger partial charge in [-0.3, -0.25) is 4.79 Å². The Morgan fingerprint density at radius 1 is 1.23 bits per heavy atom. The van der Waals surface area contributed by atoms with Crippen LogP contribution in [0.15, 0.2) is 30.3 Å². The van der Waals surface area contributed by atoms with E-state index in [-0.39, 0.29) is 11.8 Å². The first-order valence-electron chi connectivity index (χ1n) is 7.24. The fourth-order valence-electron chi connectivity index (χ4n) is 3.13. The van der Waals surface area contributed by atoms with Crippen molar-refractivity contribution >= 4 is 23.2 Å². The molecule has 2 aromatic rings. The summed E-state index contributed by atoms with van der Waals surface area (Å²) in [4.78, 5) is 12.4. The molecule has 0 unspecified atom stereocenters. The number of carbonyl (C=O) groups excluding carboxylic acids is 1. The van der Waals surface area contributed by atoms with Crippen LogP contribution in [0.1, 0.15) is 28.2 Å². The molecule has 2 aromatic carbocycles. The van der Waals surface area contributed by atoms with Crippen LogP contribution in [0.25, 0.3) is 0 Å². The third-order valence-corrected chi connectivity index (χ3v) is 4.35. The van der Waals surface area contributed by atoms with Gasteiger partial charge in [0.1, 0.15) is 5.75 Å². The minimum absolute atomic E-state index is 0.0331. The number of carbonyl (C=O) groups is 1. The van der Waals surface area contributed by atoms with E-state index >= 15 is 0 Å². The molecule has 3 rings (SSSR count). The summed E-state index contributed by atoms with van der Waals surface area (Å²) >= 11 is 6.09. The zero-order valence-electron chi connectivity index (χ0n) is 12.9. The van der Waals surface area contributed by atoms with Crippen LogP contribution in [-0.2, 0) is 11.2 Å². The van der Waals surface area contributed by atoms with E-state index in [9.17, 15) is 4.79 Å². The van der Waals surface area contributed by atoms with Crippen molar-refractivity contribution in [2.24, 2.45) is 0 Å². The van der Waals surface area contributed by atoms with E-state index in [1.807, 2.05) is 26.0 Å². The van der Waals surface area contributed by atoms with E-state index in [2.05, 4.69) is 17.4 Å². The van der Waals surface area contributed by atoms with Crippen molar-refractivity contribution in [3.8, 4) is 5.75 Å². The third kappa shape index (κ3) is 2.57. The Kier molecular flexibility index (Phi) is 3.83. The first-order valence-corrected chi connectivity index (χ1v) is 7.62. The molecule has 1 aliphatic heterocycles. The van der Waals surface area contributed by atoms with Crippen molar-refractivity contribution < 1.29 is 9.53 Å². The van der Waals surface area contributed by atoms with Crippen LogP contribution in [-0.4, -0.2) is 13.0 Å². The van der Waals surface area contributed by atoms with E-state index in [4.69, 9.17) is 16.3 Å². The highest BCUT2D eigenvalue weighted by molar-refractivity contribution is 6.30. The molecule has 22 heavy (non-hydrogen) atoms. The summed E-state index contributed by atoms with van der Waals surface area (Å²) in [5.74, 6) is 0.585. The minimum Gasteiger partial charge on any atom is -0.496 e. The molecule has 1 atom stereocenters. The largest absolute Gasteiger partial charge is 0.496 e. The number of hydrogen-bond donors (Lipinski definition) is 1. The van der Waals surface area contributed by atoms with Gasteiger partial charge in [0.2, 0.25) is 5.91 Å². The smallest absolute Gasteiger partial charge is 0.232 e. The van der Waals surface area contributed by atoms with Gasteiger partial charge in [0, 0.05) is 10.7 Å². The van der Waals surface area contributed by atoms with Gasteiger partial charge in [0.15, 0.2) is 0 Å². The standard InChI is InChI=1S/C18H18ClNO2/c1-10-6-11(2)17-14(7-10)15(18(21)20-17)9-12-8-13(19)4-5-16(12)22-3/h4-8,15H,9H2,1-3H3,(H,20,21)/t15-/m1/s1. The molecular weight excluding hydrogens is 298 g/mol. The van der Waals surface area contributed by atoms with Crippen molar-refractivity contribution in [2.75, 3.05) is 12.4 Å². The number of aryl methyl sites for hydroxylation is 2. The lowest BCUT2D eigenvalue weighted by molar-refractivity contribution is -0.117. The van der Waals surface area contributed by atoms with Crippen LogP contribution < -0.4 is 10.1 Å². The van der Waals surface area contributed by atoms with E-state index in [0.29, 0.717) is 11.4 Å². The van der Waals surface area contributed by atoms with Gasteiger partial charge < -0.3 is 10.1 Å². The SMILES string of the molecule is COc1ccc(Cl)cc1C[C@H]1C(=O)Nc2c(C)cc(C)cc21. The van der Waals surface area contributed by atoms with Crippen molar-refractivity contribution in [1.29, 1.82) is 0 Å². The molecule has 1 amide bonds. The summed E-state index contributed by atoms with van der Waals surface area (Å²) in [7, 11) is 1.63. The van der Waals surface area contributed by atoms with Gasteiger partial charge in [-0.15, -0.1) is 0 Å². The summed E-state index contributed by atoms with van der Waals surface area (Å²) in [5.41, 5.74) is 5.22. The van der Waals surface area contributed by atoms with Crippen LogP contribution in [0.2, 0.25) is 5.02 Å². The molecule has 4 heteroatoms. The van der Waals surface area contributed by atoms with Crippen molar-refractivity contribution in [3.05, 3.63) is 57.6 Å². The maximum atomic E-state index is 12.4. The van der Waals surface area contributed by atoms with Gasteiger partial charge in [0.25, 0.3) is 0 Å². The molecule has 0 saturated carbocycles. The Labute approximate surface area is 135 Å². The molecule has 0 radical (unpaired) electrons. The molecule has 0 bridgehead atoms. The zero-order chi connectivity index (χ0) is 15.9. The fourth-order valence-corrected chi connectivity index (χ4v) is 3.32. The second-order valence-electron chi connectivity index (χ2n) is 5.75. The van der Waals surface area contributed by atoms with Crippen LogP contribution >= 0.6 is 11.6 Å². The Morgan fingerprint density at radius 3 is 2.73 bits per heavy atom. The van der Waals surface area contributed by atoms with E-state index in [0.717, 1.165) is 33.7 Å². The van der Waals surface area contributed by atoms with Gasteiger partial charge >= 0.3 is 0 Å². The van der Waals surface area contributed by atoms with Crippen molar-refractivity contribution in [3.63, 3.8) is 0 Å². The first-order chi connectivity index (χ1) is 10.5. The number of ether oxygens (including phenoxy) is 1. The Balaban J connectivity index is 2.01. The van der Waals surface area contributed by atoms with Crippen molar-refractivity contribution in [1.82, 2.24) is 0 Å². The maximum Gasteiger partial charge on any atom is 0.232 e. The van der Waals surface area contributed by atoms with Crippen LogP contribution in [0.5, 0.6) is 5.75 Å². The minimum atomic E-state index is -0.207. The molecule has 0 spiro atoms. The summed E-state index contributed by atoms with van der Waals surface area (Å²) in [6.07, 6.45) is 0.575. The number of amides is 1. The molecule has 3 nitrogen and oxygen atoms in total. The molecule has 0 fully saturated rings. The number of nitrogens with one attached hydrogen (secondary N) is 1. The highest BCUT2D eigenvalue weighted by Crippen LogP contribution is 2.39. The summed E-state index contributed by atoms with van der Waals surface area (Å²) in [5, 5.41) is 3.65. The lowest BCUT2D eigenvalue weighted by Gasteiger charge is -2.13. The molecule has 114 valence electrons. The number of benzene rings is 2. The van der Waals surface area contributed by atoms with E-state index < -0.39 is 0 Å². The number of hydrogen-bond acceptors (Lipinski definition) is 2. The third-order valence-electron chi connectivity index (χ3n) is 4.12. The summed E-state index contributed by atoms with van der Waals surface area (Å²) in [6.45, 7) is 4.07. The average molecular weight is 316 g/mol. The van der Waals surface area contributed by atoms with Gasteiger partial charge in [-0.2, -0.15) is 0 Å². The molecule has 1 aliphatic rings. The fraction of sp³-hybridized carbons (Fsp3) is 0.278. The van der Waals surface area contributed by atoms with Crippen LogP contribution in [0, 0.1) is 13.8 Å². The van der Waals surface area contributed by atoms with Gasteiger partial charge in [-0.25, -0.2) is 0 Å². The number of methoxy groups -OCH3 is 1. The molecular formula is C18H18ClNO2. The highest BCUT2D eigenvalue weighted by Gasteiger charge is 2.32. The van der Waals surface area contributed by atoms with Crippen molar-refractivity contribution in [2.45, 2.75) is 26.2 Å². The molecule has 0 aliphatic carbocycles. The second-order valence-corrected chi connectivity index (χ2v) is 6.18. The van der Waals surface area contributed by atoms with E-state index in [1.165, 1.54) is 0 Å². The van der Waals surface area contributed by atoms with Gasteiger partial charge in [0.05, 0.1) is 13.0 Å². The predicted octanol–water partition coefficient (Wildman–Crippen LogP) is 4.24. The normalized spacial score (nSPS) is 16.4. The number of halogens is 1. The second kappa shape index (κ2) is 5.65. The molecule has 1 heterocycles. The summed E-state index contributed by atoms with van der Waals surface area (Å²) in [6, 6.07) is 9.67. The quantitative estimate of drug-likeness (QED) is 0.919. The predicted molar refractivity (Wildman–Crippen MR) is 89.0 cm³/mol. The maximum absolute atomic E-state index is 12.4. The van der Waals surface area contributed by atoms with Gasteiger partial charge in [-0.05, 0) is 55.2 Å². The number of fused-ring (bicyclic) bond motifs is 1. The Hall–Kier alpha value is -2.00. The number of rotatable bonds is 3. The lowest BCUT2D eigenvalue weighted by Crippen LogP contribution is -2.14. The Morgan fingerprint density at radius 2 is 2.00 bits per heavy atom. The highest BCUT2D eigenvalue weighted by atomic mass is 35.5. The van der Waals surface area contributed by atoms with E-state index in [1.54, 1.807) is 13.2 Å². The van der Waals surface area contributed by atoms with Gasteiger partial charge in [-0.1, -0.05) is 29.3 Å². The Bertz CT molecular complexity index is 755.